The third-order valence-corrected chi connectivity index (χ3v) is 6.17. The Morgan fingerprint density at radius 1 is 1.19 bits per heavy atom. The normalized spacial score (nSPS) is 24.2. The molecule has 0 spiro atoms. The van der Waals surface area contributed by atoms with Gasteiger partial charge >= 0.3 is 109 Å². The Bertz CT molecular complexity index is 468. The number of rotatable bonds is 1. The molecule has 0 heterocycles. The molecule has 2 rings (SSSR count). The van der Waals surface area contributed by atoms with E-state index in [0.29, 0.717) is 0 Å². The quantitative estimate of drug-likeness (QED) is 0.620. The first kappa shape index (κ1) is 12.1. The average molecular weight is 392 g/mol. The molecule has 0 saturated heterocycles. The van der Waals surface area contributed by atoms with E-state index in [0.717, 1.165) is 6.42 Å². The zero-order valence-electron chi connectivity index (χ0n) is 10.7. The zero-order valence-corrected chi connectivity index (χ0v) is 13.1. The molecule has 0 aromatic heterocycles. The van der Waals surface area contributed by atoms with Crippen LogP contribution in [0.25, 0.3) is 0 Å². The van der Waals surface area contributed by atoms with Crippen LogP contribution in [-0.4, -0.2) is 0 Å². The van der Waals surface area contributed by atoms with Crippen LogP contribution in [0.3, 0.4) is 0 Å². The van der Waals surface area contributed by atoms with Crippen LogP contribution >= 0.6 is 0 Å². The van der Waals surface area contributed by atoms with Gasteiger partial charge in [-0.3, -0.25) is 0 Å². The van der Waals surface area contributed by atoms with Crippen molar-refractivity contribution >= 4 is 0 Å². The molecule has 0 bridgehead atoms. The Morgan fingerprint density at radius 3 is 2.19 bits per heavy atom. The van der Waals surface area contributed by atoms with Gasteiger partial charge in [-0.05, 0) is 0 Å². The van der Waals surface area contributed by atoms with Crippen molar-refractivity contribution in [1.29, 1.82) is 0 Å². The molecular weight excluding hydrogens is 372 g/mol. The van der Waals surface area contributed by atoms with Gasteiger partial charge in [0.15, 0.2) is 0 Å². The Balaban J connectivity index is 2.59. The van der Waals surface area contributed by atoms with Crippen LogP contribution in [0.5, 0.6) is 0 Å². The Labute approximate surface area is 109 Å². The molecule has 0 amide bonds. The van der Waals surface area contributed by atoms with Gasteiger partial charge in [0.2, 0.25) is 0 Å². The van der Waals surface area contributed by atoms with E-state index in [1.807, 2.05) is 0 Å². The minimum absolute atomic E-state index is 0.245. The van der Waals surface area contributed by atoms with Crippen molar-refractivity contribution in [3.63, 3.8) is 0 Å². The summed E-state index contributed by atoms with van der Waals surface area (Å²) in [6.45, 7) is 11.5. The molecule has 0 aliphatic heterocycles. The molecule has 0 unspecified atom stereocenters. The first-order valence-electron chi connectivity index (χ1n) is 5.80. The molecule has 0 radical (unpaired) electrons. The van der Waals surface area contributed by atoms with Crippen molar-refractivity contribution in [3.05, 3.63) is 44.1 Å². The molecule has 16 heavy (non-hydrogen) atoms. The fourth-order valence-electron chi connectivity index (χ4n) is 2.55. The molecule has 0 aromatic carbocycles. The molecule has 0 fully saturated rings. The molecule has 0 aromatic rings. The van der Waals surface area contributed by atoms with Crippen molar-refractivity contribution in [2.45, 2.75) is 41.0 Å². The van der Waals surface area contributed by atoms with Crippen molar-refractivity contribution < 1.29 is 18.9 Å². The van der Waals surface area contributed by atoms with Crippen molar-refractivity contribution in [3.8, 4) is 0 Å². The summed E-state index contributed by atoms with van der Waals surface area (Å²) < 4.78 is 1.54. The van der Waals surface area contributed by atoms with Crippen LogP contribution < -0.4 is 0 Å². The maximum atomic E-state index is 2.34. The van der Waals surface area contributed by atoms with Crippen molar-refractivity contribution in [2.24, 2.45) is 5.41 Å². The average Bonchev–Trinajstić information content (AvgIpc) is 2.68. The standard InChI is InChI=1S/C15H19.Ir/c1-10-7-6-8-13(10)14-9-15(4,5)12(3)11(14)2;/h6-7H,8H2,1-5H3;. The second kappa shape index (κ2) is 3.82. The van der Waals surface area contributed by atoms with Crippen LogP contribution in [0.1, 0.15) is 41.0 Å². The summed E-state index contributed by atoms with van der Waals surface area (Å²) >= 11 is 2.30. The van der Waals surface area contributed by atoms with Gasteiger partial charge in [0.1, 0.15) is 0 Å². The topological polar surface area (TPSA) is 0 Å². The molecule has 88 valence electrons. The first-order chi connectivity index (χ1) is 7.37. The van der Waals surface area contributed by atoms with E-state index < -0.39 is 0 Å². The molecule has 0 atom stereocenters. The Kier molecular flexibility index (Phi) is 2.88. The third-order valence-electron chi connectivity index (χ3n) is 4.07. The van der Waals surface area contributed by atoms with Crippen molar-refractivity contribution in [1.82, 2.24) is 0 Å². The fraction of sp³-hybridized carbons (Fsp3) is 0.467. The van der Waals surface area contributed by atoms with Crippen LogP contribution in [0, 0.1) is 5.41 Å². The maximum absolute atomic E-state index is 2.34. The van der Waals surface area contributed by atoms with E-state index >= 15 is 0 Å². The van der Waals surface area contributed by atoms with Crippen LogP contribution in [0.15, 0.2) is 44.1 Å². The predicted octanol–water partition coefficient (Wildman–Crippen LogP) is 4.44. The van der Waals surface area contributed by atoms with E-state index in [9.17, 15) is 0 Å². The Morgan fingerprint density at radius 2 is 1.81 bits per heavy atom. The summed E-state index contributed by atoms with van der Waals surface area (Å²) in [5, 5.41) is 0. The summed E-state index contributed by atoms with van der Waals surface area (Å²) in [6, 6.07) is 0. The SMILES string of the molecule is CC1=C(C2=[C]([Ir])C(C)(C)C(C)=C2C)CC=C1. The van der Waals surface area contributed by atoms with E-state index in [2.05, 4.69) is 65.7 Å². The van der Waals surface area contributed by atoms with Crippen LogP contribution in [0.4, 0.5) is 0 Å². The number of hydrogen-bond acceptors (Lipinski definition) is 0. The van der Waals surface area contributed by atoms with Gasteiger partial charge < -0.3 is 0 Å². The van der Waals surface area contributed by atoms with Gasteiger partial charge in [-0.15, -0.1) is 0 Å². The molecule has 0 N–H and O–H groups in total. The Hall–Kier alpha value is -0.391. The number of allylic oxidation sites excluding steroid dienone is 8. The molecular formula is C15H19Ir. The second-order valence-electron chi connectivity index (χ2n) is 5.31. The fourth-order valence-corrected chi connectivity index (χ4v) is 3.81. The summed E-state index contributed by atoms with van der Waals surface area (Å²) in [7, 11) is 0. The van der Waals surface area contributed by atoms with E-state index in [1.165, 1.54) is 22.3 Å². The van der Waals surface area contributed by atoms with Gasteiger partial charge in [-0.25, -0.2) is 0 Å². The zero-order chi connectivity index (χ0) is 12.1. The monoisotopic (exact) mass is 392 g/mol. The van der Waals surface area contributed by atoms with Gasteiger partial charge in [0.05, 0.1) is 0 Å². The predicted molar refractivity (Wildman–Crippen MR) is 65.6 cm³/mol. The molecule has 0 saturated carbocycles. The van der Waals surface area contributed by atoms with E-state index in [4.69, 9.17) is 0 Å². The van der Waals surface area contributed by atoms with Crippen molar-refractivity contribution in [2.75, 3.05) is 0 Å². The summed E-state index contributed by atoms with van der Waals surface area (Å²) in [5.74, 6) is 0. The number of hydrogen-bond donors (Lipinski definition) is 0. The van der Waals surface area contributed by atoms with Crippen LogP contribution in [-0.2, 0) is 18.9 Å². The molecule has 2 aliphatic carbocycles. The summed E-state index contributed by atoms with van der Waals surface area (Å²) in [4.78, 5) is 0. The minimum atomic E-state index is 0.245. The molecule has 2 aliphatic rings. The van der Waals surface area contributed by atoms with Gasteiger partial charge in [-0.2, -0.15) is 0 Å². The van der Waals surface area contributed by atoms with E-state index in [-0.39, 0.29) is 5.41 Å². The van der Waals surface area contributed by atoms with Gasteiger partial charge in [0.25, 0.3) is 0 Å². The third kappa shape index (κ3) is 1.53. The van der Waals surface area contributed by atoms with Gasteiger partial charge in [-0.1, -0.05) is 0 Å². The summed E-state index contributed by atoms with van der Waals surface area (Å²) in [5.41, 5.74) is 7.80. The molecule has 1 heteroatoms. The van der Waals surface area contributed by atoms with E-state index in [1.54, 1.807) is 9.66 Å². The first-order valence-corrected chi connectivity index (χ1v) is 7.00. The summed E-state index contributed by atoms with van der Waals surface area (Å²) in [6.07, 6.45) is 5.64. The van der Waals surface area contributed by atoms with Crippen LogP contribution in [0.2, 0.25) is 0 Å². The molecule has 0 nitrogen and oxygen atoms in total. The second-order valence-corrected chi connectivity index (χ2v) is 6.51. The van der Waals surface area contributed by atoms with Gasteiger partial charge in [0, 0.05) is 0 Å².